The molecule has 0 saturated heterocycles. The van der Waals surface area contributed by atoms with Crippen LogP contribution in [0.2, 0.25) is 0 Å². The molecule has 0 radical (unpaired) electrons. The van der Waals surface area contributed by atoms with E-state index in [0.29, 0.717) is 30.5 Å². The summed E-state index contributed by atoms with van der Waals surface area (Å²) in [6.07, 6.45) is 1.60. The maximum Gasteiger partial charge on any atom is 0.243 e. The van der Waals surface area contributed by atoms with Crippen LogP contribution in [-0.2, 0) is 51.3 Å². The highest BCUT2D eigenvalue weighted by atomic mass is 32.2. The first-order valence-electron chi connectivity index (χ1n) is 15.9. The largest absolute Gasteiger partial charge is 0.384 e. The van der Waals surface area contributed by atoms with Crippen LogP contribution in [-0.4, -0.2) is 38.2 Å². The minimum absolute atomic E-state index is 0.0547. The Morgan fingerprint density at radius 1 is 0.771 bits per heavy atom. The van der Waals surface area contributed by atoms with Gasteiger partial charge in [0.05, 0.1) is 5.75 Å². The van der Waals surface area contributed by atoms with Crippen LogP contribution in [0.4, 0.5) is 0 Å². The molecule has 0 aliphatic carbocycles. The zero-order valence-corrected chi connectivity index (χ0v) is 27.9. The van der Waals surface area contributed by atoms with Crippen LogP contribution >= 0.6 is 0 Å². The van der Waals surface area contributed by atoms with Gasteiger partial charge in [-0.3, -0.25) is 15.0 Å². The lowest BCUT2D eigenvalue weighted by Gasteiger charge is -2.24. The van der Waals surface area contributed by atoms with Crippen molar-refractivity contribution in [3.05, 3.63) is 142 Å². The molecule has 0 fully saturated rings. The molecule has 0 spiro atoms. The molecule has 0 aromatic heterocycles. The van der Waals surface area contributed by atoms with Gasteiger partial charge in [-0.25, -0.2) is 13.1 Å². The molecule has 0 heterocycles. The smallest absolute Gasteiger partial charge is 0.243 e. The summed E-state index contributed by atoms with van der Waals surface area (Å²) in [5, 5.41) is 13.3. The summed E-state index contributed by atoms with van der Waals surface area (Å²) in [6, 6.07) is 29.1. The van der Waals surface area contributed by atoms with Gasteiger partial charge in [0.2, 0.25) is 21.8 Å². The van der Waals surface area contributed by atoms with Gasteiger partial charge in [0, 0.05) is 25.1 Å². The standard InChI is InChI=1S/C37H44N6O4S/c1-26-13-15-27(16-14-26)9-6-12-33(43-48(46,47)25-29-7-3-2-4-8-29)37(45)42-34(22-30-10-5-11-31(21-30)23-38)36(44)41-24-28-17-19-32(20-18-28)35(39)40/h2-5,7-8,10-11,13-21,33-34,43H,6,9,12,22-25,38H2,1H3,(H3,39,40)(H,41,44)(H,42,45). The number of nitrogens with two attached hydrogens (primary N) is 2. The number of hydrogen-bond acceptors (Lipinski definition) is 6. The number of nitrogens with one attached hydrogen (secondary N) is 4. The summed E-state index contributed by atoms with van der Waals surface area (Å²) in [5.74, 6) is -1.35. The average Bonchev–Trinajstić information content (AvgIpc) is 3.07. The van der Waals surface area contributed by atoms with Gasteiger partial charge >= 0.3 is 0 Å². The zero-order chi connectivity index (χ0) is 34.5. The second-order valence-corrected chi connectivity index (χ2v) is 13.7. The van der Waals surface area contributed by atoms with Gasteiger partial charge in [0.15, 0.2) is 0 Å². The Balaban J connectivity index is 1.53. The molecule has 4 aromatic carbocycles. The van der Waals surface area contributed by atoms with E-state index in [2.05, 4.69) is 15.4 Å². The first-order valence-corrected chi connectivity index (χ1v) is 17.6. The molecule has 8 N–H and O–H groups in total. The molecular formula is C37H44N6O4S. The Hall–Kier alpha value is -4.84. The molecular weight excluding hydrogens is 625 g/mol. The number of amidine groups is 1. The van der Waals surface area contributed by atoms with Gasteiger partial charge < -0.3 is 22.1 Å². The van der Waals surface area contributed by atoms with Gasteiger partial charge in [-0.05, 0) is 54.0 Å². The van der Waals surface area contributed by atoms with E-state index in [4.69, 9.17) is 16.9 Å². The maximum absolute atomic E-state index is 13.9. The van der Waals surface area contributed by atoms with Crippen molar-refractivity contribution in [1.82, 2.24) is 15.4 Å². The van der Waals surface area contributed by atoms with Crippen LogP contribution in [0.25, 0.3) is 0 Å². The lowest BCUT2D eigenvalue weighted by atomic mass is 10.0. The molecule has 2 atom stereocenters. The predicted octanol–water partition coefficient (Wildman–Crippen LogP) is 3.59. The molecule has 0 bridgehead atoms. The lowest BCUT2D eigenvalue weighted by Crippen LogP contribution is -2.54. The van der Waals surface area contributed by atoms with E-state index >= 15 is 0 Å². The number of amides is 2. The van der Waals surface area contributed by atoms with Crippen LogP contribution in [0.5, 0.6) is 0 Å². The number of rotatable bonds is 17. The molecule has 4 rings (SSSR count). The molecule has 0 aliphatic heterocycles. The highest BCUT2D eigenvalue weighted by Gasteiger charge is 2.29. The third-order valence-corrected chi connectivity index (χ3v) is 9.31. The highest BCUT2D eigenvalue weighted by Crippen LogP contribution is 2.13. The van der Waals surface area contributed by atoms with Crippen molar-refractivity contribution in [2.75, 3.05) is 0 Å². The van der Waals surface area contributed by atoms with Gasteiger partial charge in [-0.15, -0.1) is 0 Å². The molecule has 2 amide bonds. The zero-order valence-electron chi connectivity index (χ0n) is 27.1. The fourth-order valence-electron chi connectivity index (χ4n) is 5.28. The van der Waals surface area contributed by atoms with Crippen molar-refractivity contribution in [3.8, 4) is 0 Å². The van der Waals surface area contributed by atoms with E-state index in [0.717, 1.165) is 27.8 Å². The fourth-order valence-corrected chi connectivity index (χ4v) is 6.65. The Bertz CT molecular complexity index is 1780. The first kappa shape index (κ1) is 36.0. The number of sulfonamides is 1. The van der Waals surface area contributed by atoms with Crippen LogP contribution in [0.15, 0.2) is 103 Å². The van der Waals surface area contributed by atoms with Crippen molar-refractivity contribution >= 4 is 27.7 Å². The highest BCUT2D eigenvalue weighted by molar-refractivity contribution is 7.88. The third-order valence-electron chi connectivity index (χ3n) is 7.95. The number of carbonyl (C=O) groups excluding carboxylic acids is 2. The van der Waals surface area contributed by atoms with E-state index in [1.807, 2.05) is 55.5 Å². The fraction of sp³-hybridized carbons (Fsp3) is 0.270. The van der Waals surface area contributed by atoms with Crippen molar-refractivity contribution in [3.63, 3.8) is 0 Å². The molecule has 10 nitrogen and oxygen atoms in total. The van der Waals surface area contributed by atoms with Gasteiger partial charge in [0.1, 0.15) is 17.9 Å². The Morgan fingerprint density at radius 3 is 2.08 bits per heavy atom. The molecule has 252 valence electrons. The quantitative estimate of drug-likeness (QED) is 0.0739. The SMILES string of the molecule is Cc1ccc(CCCC(NS(=O)(=O)Cc2ccccc2)C(=O)NC(Cc2cccc(CN)c2)C(=O)NCc2ccc(C(=N)N)cc2)cc1. The Morgan fingerprint density at radius 2 is 1.42 bits per heavy atom. The van der Waals surface area contributed by atoms with Crippen LogP contribution in [0, 0.1) is 12.3 Å². The number of hydrogen-bond donors (Lipinski definition) is 6. The predicted molar refractivity (Wildman–Crippen MR) is 189 cm³/mol. The Kier molecular flexibility index (Phi) is 13.0. The number of aryl methyl sites for hydroxylation is 2. The van der Waals surface area contributed by atoms with E-state index in [-0.39, 0.29) is 31.0 Å². The van der Waals surface area contributed by atoms with Crippen molar-refractivity contribution in [1.29, 1.82) is 5.41 Å². The minimum Gasteiger partial charge on any atom is -0.384 e. The van der Waals surface area contributed by atoms with Crippen molar-refractivity contribution in [2.24, 2.45) is 11.5 Å². The van der Waals surface area contributed by atoms with E-state index < -0.39 is 33.9 Å². The second-order valence-electron chi connectivity index (χ2n) is 11.9. The average molecular weight is 669 g/mol. The summed E-state index contributed by atoms with van der Waals surface area (Å²) < 4.78 is 29.2. The number of benzene rings is 4. The summed E-state index contributed by atoms with van der Waals surface area (Å²) in [7, 11) is -3.91. The first-order chi connectivity index (χ1) is 23.0. The molecule has 2 unspecified atom stereocenters. The third kappa shape index (κ3) is 11.4. The van der Waals surface area contributed by atoms with Gasteiger partial charge in [0.25, 0.3) is 0 Å². The van der Waals surface area contributed by atoms with Crippen LogP contribution in [0.3, 0.4) is 0 Å². The molecule has 0 aliphatic rings. The van der Waals surface area contributed by atoms with Crippen LogP contribution in [0.1, 0.15) is 51.8 Å². The summed E-state index contributed by atoms with van der Waals surface area (Å²) in [6.45, 7) is 2.50. The molecule has 0 saturated carbocycles. The van der Waals surface area contributed by atoms with Gasteiger partial charge in [-0.2, -0.15) is 0 Å². The Labute approximate surface area is 282 Å². The summed E-state index contributed by atoms with van der Waals surface area (Å²) in [4.78, 5) is 27.5. The summed E-state index contributed by atoms with van der Waals surface area (Å²) in [5.41, 5.74) is 17.2. The van der Waals surface area contributed by atoms with E-state index in [1.165, 1.54) is 0 Å². The van der Waals surface area contributed by atoms with Gasteiger partial charge in [-0.1, -0.05) is 109 Å². The second kappa shape index (κ2) is 17.4. The van der Waals surface area contributed by atoms with E-state index in [9.17, 15) is 18.0 Å². The topological polar surface area (TPSA) is 180 Å². The molecule has 11 heteroatoms. The number of nitrogen functional groups attached to an aromatic ring is 1. The normalized spacial score (nSPS) is 12.5. The molecule has 48 heavy (non-hydrogen) atoms. The monoisotopic (exact) mass is 668 g/mol. The van der Waals surface area contributed by atoms with Crippen molar-refractivity contribution in [2.45, 2.75) is 63.5 Å². The maximum atomic E-state index is 13.9. The minimum atomic E-state index is -3.91. The lowest BCUT2D eigenvalue weighted by molar-refractivity contribution is -0.130. The molecule has 4 aromatic rings. The number of carbonyl (C=O) groups is 2. The van der Waals surface area contributed by atoms with Crippen LogP contribution < -0.4 is 26.8 Å². The van der Waals surface area contributed by atoms with Crippen molar-refractivity contribution < 1.29 is 18.0 Å². The van der Waals surface area contributed by atoms with E-state index in [1.54, 1.807) is 54.6 Å². The summed E-state index contributed by atoms with van der Waals surface area (Å²) >= 11 is 0.